The van der Waals surface area contributed by atoms with Gasteiger partial charge >= 0.3 is 0 Å². The maximum atomic E-state index is 12.1. The van der Waals surface area contributed by atoms with Crippen molar-refractivity contribution < 1.29 is 4.79 Å². The first-order valence-corrected chi connectivity index (χ1v) is 9.18. The highest BCUT2D eigenvalue weighted by molar-refractivity contribution is 9.11. The predicted octanol–water partition coefficient (Wildman–Crippen LogP) is 5.65. The van der Waals surface area contributed by atoms with Crippen LogP contribution in [0.3, 0.4) is 0 Å². The molecule has 0 bridgehead atoms. The Labute approximate surface area is 146 Å². The van der Waals surface area contributed by atoms with Crippen LogP contribution in [0.4, 0.5) is 5.13 Å². The van der Waals surface area contributed by atoms with E-state index in [4.69, 9.17) is 0 Å². The summed E-state index contributed by atoms with van der Waals surface area (Å²) >= 11 is 9.57. The minimum atomic E-state index is -0.137. The Hall–Kier alpha value is -1.02. The number of halogens is 2. The van der Waals surface area contributed by atoms with E-state index < -0.39 is 0 Å². The fourth-order valence-electron chi connectivity index (χ4n) is 1.68. The lowest BCUT2D eigenvalue weighted by Gasteiger charge is -1.98. The average Bonchev–Trinajstić information content (AvgIpc) is 3.09. The quantitative estimate of drug-likeness (QED) is 0.568. The number of hydrogen-bond donors (Lipinski definition) is 1. The molecule has 2 aromatic heterocycles. The van der Waals surface area contributed by atoms with Crippen LogP contribution in [0.2, 0.25) is 0 Å². The standard InChI is InChI=1S/C14H8Br2N2OS2/c15-9-3-1-8(2-4-9)10-7-20-14(17-10)18-13(19)11-5-6-12(16)21-11/h1-7H,(H,17,18,19). The van der Waals surface area contributed by atoms with E-state index in [1.165, 1.54) is 22.7 Å². The van der Waals surface area contributed by atoms with Crippen molar-refractivity contribution in [3.05, 3.63) is 54.9 Å². The van der Waals surface area contributed by atoms with Crippen molar-refractivity contribution in [1.29, 1.82) is 0 Å². The van der Waals surface area contributed by atoms with E-state index >= 15 is 0 Å². The molecule has 1 amide bonds. The van der Waals surface area contributed by atoms with E-state index in [1.807, 2.05) is 35.7 Å². The Kier molecular flexibility index (Phi) is 4.54. The number of thiazole rings is 1. The fourth-order valence-corrected chi connectivity index (χ4v) is 3.94. The number of carbonyl (C=O) groups excluding carboxylic acids is 1. The molecule has 0 fully saturated rings. The molecular weight excluding hydrogens is 436 g/mol. The number of aromatic nitrogens is 1. The molecule has 21 heavy (non-hydrogen) atoms. The van der Waals surface area contributed by atoms with E-state index in [1.54, 1.807) is 6.07 Å². The van der Waals surface area contributed by atoms with Crippen LogP contribution in [0, 0.1) is 0 Å². The molecule has 3 aromatic rings. The van der Waals surface area contributed by atoms with Crippen LogP contribution >= 0.6 is 54.5 Å². The fraction of sp³-hybridized carbons (Fsp3) is 0. The highest BCUT2D eigenvalue weighted by atomic mass is 79.9. The number of thiophene rings is 1. The molecule has 3 nitrogen and oxygen atoms in total. The maximum absolute atomic E-state index is 12.1. The van der Waals surface area contributed by atoms with E-state index in [9.17, 15) is 4.79 Å². The number of hydrogen-bond acceptors (Lipinski definition) is 4. The zero-order chi connectivity index (χ0) is 14.8. The van der Waals surface area contributed by atoms with Crippen LogP contribution in [0.5, 0.6) is 0 Å². The summed E-state index contributed by atoms with van der Waals surface area (Å²) in [5.74, 6) is -0.137. The number of anilines is 1. The number of rotatable bonds is 3. The Morgan fingerprint density at radius 1 is 1.10 bits per heavy atom. The normalized spacial score (nSPS) is 10.6. The molecule has 1 aromatic carbocycles. The maximum Gasteiger partial charge on any atom is 0.267 e. The van der Waals surface area contributed by atoms with Gasteiger partial charge in [-0.2, -0.15) is 0 Å². The van der Waals surface area contributed by atoms with Gasteiger partial charge in [-0.05, 0) is 40.2 Å². The molecule has 0 aliphatic carbocycles. The third-order valence-corrected chi connectivity index (χ3v) is 5.57. The number of nitrogens with zero attached hydrogens (tertiary/aromatic N) is 1. The smallest absolute Gasteiger partial charge is 0.267 e. The van der Waals surface area contributed by atoms with E-state index in [0.717, 1.165) is 19.5 Å². The minimum Gasteiger partial charge on any atom is -0.297 e. The Morgan fingerprint density at radius 3 is 2.52 bits per heavy atom. The Balaban J connectivity index is 1.76. The topological polar surface area (TPSA) is 42.0 Å². The van der Waals surface area contributed by atoms with Crippen LogP contribution in [0.25, 0.3) is 11.3 Å². The molecule has 7 heteroatoms. The van der Waals surface area contributed by atoms with Gasteiger partial charge in [-0.1, -0.05) is 28.1 Å². The van der Waals surface area contributed by atoms with E-state index in [-0.39, 0.29) is 5.91 Å². The van der Waals surface area contributed by atoms with Crippen molar-refractivity contribution >= 4 is 65.6 Å². The van der Waals surface area contributed by atoms with Crippen LogP contribution in [-0.2, 0) is 0 Å². The van der Waals surface area contributed by atoms with E-state index in [0.29, 0.717) is 10.0 Å². The lowest BCUT2D eigenvalue weighted by atomic mass is 10.2. The van der Waals surface area contributed by atoms with Crippen molar-refractivity contribution in [2.45, 2.75) is 0 Å². The highest BCUT2D eigenvalue weighted by Crippen LogP contribution is 2.27. The molecule has 0 atom stereocenters. The zero-order valence-electron chi connectivity index (χ0n) is 10.5. The first-order chi connectivity index (χ1) is 10.1. The van der Waals surface area contributed by atoms with Gasteiger partial charge in [-0.3, -0.25) is 10.1 Å². The molecule has 2 heterocycles. The second-order valence-electron chi connectivity index (χ2n) is 4.10. The highest BCUT2D eigenvalue weighted by Gasteiger charge is 2.11. The lowest BCUT2D eigenvalue weighted by molar-refractivity contribution is 0.103. The monoisotopic (exact) mass is 442 g/mol. The largest absolute Gasteiger partial charge is 0.297 e. The molecule has 0 unspecified atom stereocenters. The zero-order valence-corrected chi connectivity index (χ0v) is 15.3. The van der Waals surface area contributed by atoms with Gasteiger partial charge in [0.15, 0.2) is 5.13 Å². The molecule has 0 spiro atoms. The lowest BCUT2D eigenvalue weighted by Crippen LogP contribution is -2.09. The van der Waals surface area contributed by atoms with Gasteiger partial charge in [0.2, 0.25) is 0 Å². The van der Waals surface area contributed by atoms with Crippen LogP contribution in [0.15, 0.2) is 50.0 Å². The van der Waals surface area contributed by atoms with Gasteiger partial charge < -0.3 is 0 Å². The molecule has 1 N–H and O–H groups in total. The first kappa shape index (κ1) is 14.9. The second-order valence-corrected chi connectivity index (χ2v) is 8.34. The number of carbonyl (C=O) groups is 1. The Morgan fingerprint density at radius 2 is 1.86 bits per heavy atom. The molecule has 3 rings (SSSR count). The van der Waals surface area contributed by atoms with Gasteiger partial charge in [0, 0.05) is 15.4 Å². The minimum absolute atomic E-state index is 0.137. The summed E-state index contributed by atoms with van der Waals surface area (Å²) in [6.45, 7) is 0. The van der Waals surface area contributed by atoms with Crippen LogP contribution in [0.1, 0.15) is 9.67 Å². The molecule has 0 radical (unpaired) electrons. The molecular formula is C14H8Br2N2OS2. The van der Waals surface area contributed by atoms with Gasteiger partial charge in [-0.15, -0.1) is 22.7 Å². The van der Waals surface area contributed by atoms with Crippen LogP contribution < -0.4 is 5.32 Å². The summed E-state index contributed by atoms with van der Waals surface area (Å²) in [4.78, 5) is 17.2. The first-order valence-electron chi connectivity index (χ1n) is 5.90. The number of benzene rings is 1. The van der Waals surface area contributed by atoms with Crippen molar-refractivity contribution in [3.63, 3.8) is 0 Å². The molecule has 0 saturated carbocycles. The van der Waals surface area contributed by atoms with Gasteiger partial charge in [-0.25, -0.2) is 4.98 Å². The molecule has 0 saturated heterocycles. The number of nitrogens with one attached hydrogen (secondary N) is 1. The third kappa shape index (κ3) is 3.60. The van der Waals surface area contributed by atoms with Gasteiger partial charge in [0.1, 0.15) is 0 Å². The SMILES string of the molecule is O=C(Nc1nc(-c2ccc(Br)cc2)cs1)c1ccc(Br)s1. The molecule has 0 aliphatic rings. The summed E-state index contributed by atoms with van der Waals surface area (Å²) in [6, 6.07) is 11.6. The summed E-state index contributed by atoms with van der Waals surface area (Å²) < 4.78 is 1.96. The molecule has 106 valence electrons. The Bertz CT molecular complexity index is 780. The summed E-state index contributed by atoms with van der Waals surface area (Å²) in [5, 5.41) is 5.36. The summed E-state index contributed by atoms with van der Waals surface area (Å²) in [6.07, 6.45) is 0. The van der Waals surface area contributed by atoms with Gasteiger partial charge in [0.25, 0.3) is 5.91 Å². The summed E-state index contributed by atoms with van der Waals surface area (Å²) in [7, 11) is 0. The van der Waals surface area contributed by atoms with E-state index in [2.05, 4.69) is 42.2 Å². The molecule has 0 aliphatic heterocycles. The predicted molar refractivity (Wildman–Crippen MR) is 95.2 cm³/mol. The number of amides is 1. The van der Waals surface area contributed by atoms with Crippen molar-refractivity contribution in [2.75, 3.05) is 5.32 Å². The van der Waals surface area contributed by atoms with Crippen LogP contribution in [-0.4, -0.2) is 10.9 Å². The second kappa shape index (κ2) is 6.39. The summed E-state index contributed by atoms with van der Waals surface area (Å²) in [5.41, 5.74) is 1.88. The average molecular weight is 444 g/mol. The van der Waals surface area contributed by atoms with Crippen molar-refractivity contribution in [2.24, 2.45) is 0 Å². The van der Waals surface area contributed by atoms with Crippen molar-refractivity contribution in [3.8, 4) is 11.3 Å². The van der Waals surface area contributed by atoms with Gasteiger partial charge in [0.05, 0.1) is 14.4 Å². The third-order valence-electron chi connectivity index (χ3n) is 2.66. The van der Waals surface area contributed by atoms with Crippen molar-refractivity contribution in [1.82, 2.24) is 4.98 Å².